The summed E-state index contributed by atoms with van der Waals surface area (Å²) in [6.45, 7) is 7.31. The van der Waals surface area contributed by atoms with E-state index in [9.17, 15) is 0 Å². The molecule has 0 bridgehead atoms. The molecule has 0 amide bonds. The first-order valence-corrected chi connectivity index (χ1v) is 15.3. The van der Waals surface area contributed by atoms with Crippen LogP contribution in [-0.2, 0) is 17.9 Å². The largest absolute Gasteiger partial charge is 0.486 e. The average Bonchev–Trinajstić information content (AvgIpc) is 3.44. The van der Waals surface area contributed by atoms with Gasteiger partial charge in [0.25, 0.3) is 0 Å². The Bertz CT molecular complexity index is 1410. The van der Waals surface area contributed by atoms with E-state index in [4.69, 9.17) is 4.74 Å². The topological polar surface area (TPSA) is 44.7 Å². The van der Waals surface area contributed by atoms with Crippen LogP contribution in [0.25, 0.3) is 11.3 Å². The fraction of sp³-hybridized carbons (Fsp3) is 0.484. The van der Waals surface area contributed by atoms with Gasteiger partial charge in [0.05, 0.1) is 18.4 Å². The van der Waals surface area contributed by atoms with Gasteiger partial charge in [-0.25, -0.2) is 18.7 Å². The van der Waals surface area contributed by atoms with Gasteiger partial charge in [-0.05, 0) is 75.7 Å². The molecule has 0 atom stereocenters. The Hall–Kier alpha value is -2.91. The minimum absolute atomic E-state index is 0.118. The van der Waals surface area contributed by atoms with E-state index < -0.39 is 11.6 Å². The smallest absolute Gasteiger partial charge is 0.178 e. The maximum absolute atomic E-state index is 15.1. The molecule has 4 heterocycles. The highest BCUT2D eigenvalue weighted by Gasteiger charge is 2.28. The van der Waals surface area contributed by atoms with Crippen molar-refractivity contribution in [1.29, 1.82) is 0 Å². The number of piperidine rings is 1. The number of halogens is 2. The van der Waals surface area contributed by atoms with Crippen LogP contribution >= 0.6 is 11.8 Å². The van der Waals surface area contributed by atoms with Gasteiger partial charge in [0.1, 0.15) is 18.1 Å². The van der Waals surface area contributed by atoms with E-state index in [0.29, 0.717) is 42.7 Å². The Morgan fingerprint density at radius 2 is 1.80 bits per heavy atom. The summed E-state index contributed by atoms with van der Waals surface area (Å²) in [5.41, 5.74) is 6.45. The molecule has 2 aromatic carbocycles. The van der Waals surface area contributed by atoms with Crippen LogP contribution in [0.3, 0.4) is 0 Å². The highest BCUT2D eigenvalue weighted by molar-refractivity contribution is 7.98. The zero-order valence-corrected chi connectivity index (χ0v) is 24.5. The summed E-state index contributed by atoms with van der Waals surface area (Å²) < 4.78 is 35.8. The molecule has 3 aliphatic heterocycles. The van der Waals surface area contributed by atoms with Crippen molar-refractivity contribution in [3.63, 3.8) is 0 Å². The second-order valence-corrected chi connectivity index (χ2v) is 12.5. The first-order valence-electron chi connectivity index (χ1n) is 14.2. The van der Waals surface area contributed by atoms with E-state index in [1.165, 1.54) is 47.5 Å². The molecule has 6 nitrogen and oxygen atoms in total. The molecular formula is C31H37F2N5OS. The summed E-state index contributed by atoms with van der Waals surface area (Å²) >= 11 is 1.94. The molecule has 40 heavy (non-hydrogen) atoms. The fourth-order valence-electron chi connectivity index (χ4n) is 6.25. The molecular weight excluding hydrogens is 528 g/mol. The summed E-state index contributed by atoms with van der Waals surface area (Å²) in [6.07, 6.45) is 4.07. The number of nitrogens with zero attached hydrogens (tertiary/aromatic N) is 5. The van der Waals surface area contributed by atoms with Gasteiger partial charge in [0, 0.05) is 54.4 Å². The molecule has 9 heteroatoms. The normalized spacial score (nSPS) is 17.4. The molecule has 3 aromatic rings. The third-order valence-corrected chi connectivity index (χ3v) is 9.47. The second-order valence-electron chi connectivity index (χ2n) is 11.5. The summed E-state index contributed by atoms with van der Waals surface area (Å²) in [7, 11) is 4.34. The number of aromatic nitrogens is 2. The zero-order valence-electron chi connectivity index (χ0n) is 23.7. The van der Waals surface area contributed by atoms with Gasteiger partial charge in [-0.15, -0.1) is 0 Å². The monoisotopic (exact) mass is 565 g/mol. The molecule has 1 fully saturated rings. The SMILES string of the molecule is CC(C)N1CCOc2c(F)cc(-c3nc(Cc4ccc(N5CCC(N(C)C)CC5)c5c4CSC5)ncc3F)cc21. The number of anilines is 2. The summed E-state index contributed by atoms with van der Waals surface area (Å²) in [6, 6.07) is 8.36. The third-order valence-electron chi connectivity index (χ3n) is 8.48. The second kappa shape index (κ2) is 11.2. The first-order chi connectivity index (χ1) is 19.3. The van der Waals surface area contributed by atoms with Crippen LogP contribution in [-0.4, -0.2) is 67.3 Å². The molecule has 3 aliphatic rings. The van der Waals surface area contributed by atoms with Crippen LogP contribution in [0.1, 0.15) is 49.2 Å². The Morgan fingerprint density at radius 1 is 1.02 bits per heavy atom. The van der Waals surface area contributed by atoms with Crippen LogP contribution in [0.2, 0.25) is 0 Å². The van der Waals surface area contributed by atoms with Crippen molar-refractivity contribution in [2.45, 2.75) is 56.7 Å². The molecule has 1 aromatic heterocycles. The standard InChI is InChI=1S/C31H37F2N5OS/c1-19(2)38-11-12-39-31-25(32)13-21(14-28(31)38)30-26(33)16-34-29(35-30)15-20-5-6-27(24-18-40-17-23(20)24)37-9-7-22(8-10-37)36(3)4/h5-6,13-14,16,19,22H,7-12,15,17-18H2,1-4H3. The van der Waals surface area contributed by atoms with Crippen LogP contribution < -0.4 is 14.5 Å². The number of ether oxygens (including phenoxy) is 1. The lowest BCUT2D eigenvalue weighted by atomic mass is 9.96. The van der Waals surface area contributed by atoms with E-state index in [2.05, 4.69) is 64.7 Å². The number of hydrogen-bond donors (Lipinski definition) is 0. The van der Waals surface area contributed by atoms with Crippen LogP contribution in [0.5, 0.6) is 5.75 Å². The van der Waals surface area contributed by atoms with Crippen LogP contribution in [0.15, 0.2) is 30.5 Å². The Balaban J connectivity index is 1.29. The maximum atomic E-state index is 15.1. The molecule has 0 radical (unpaired) electrons. The molecule has 6 rings (SSSR count). The Labute approximate surface area is 239 Å². The van der Waals surface area contributed by atoms with Crippen molar-refractivity contribution in [2.24, 2.45) is 0 Å². The lowest BCUT2D eigenvalue weighted by Crippen LogP contribution is -2.42. The third kappa shape index (κ3) is 5.14. The molecule has 0 unspecified atom stereocenters. The van der Waals surface area contributed by atoms with Gasteiger partial charge in [0.15, 0.2) is 17.4 Å². The first kappa shape index (κ1) is 27.3. The van der Waals surface area contributed by atoms with Crippen LogP contribution in [0, 0.1) is 11.6 Å². The highest BCUT2D eigenvalue weighted by atomic mass is 32.2. The van der Waals surface area contributed by atoms with Gasteiger partial charge < -0.3 is 19.4 Å². The lowest BCUT2D eigenvalue weighted by Gasteiger charge is -2.37. The molecule has 212 valence electrons. The quantitative estimate of drug-likeness (QED) is 0.369. The molecule has 0 saturated carbocycles. The molecule has 0 aliphatic carbocycles. The maximum Gasteiger partial charge on any atom is 0.178 e. The predicted octanol–water partition coefficient (Wildman–Crippen LogP) is 5.90. The summed E-state index contributed by atoms with van der Waals surface area (Å²) in [5.74, 6) is 1.65. The fourth-order valence-corrected chi connectivity index (χ4v) is 7.44. The van der Waals surface area contributed by atoms with E-state index >= 15 is 8.78 Å². The minimum Gasteiger partial charge on any atom is -0.486 e. The molecule has 1 saturated heterocycles. The minimum atomic E-state index is -0.562. The van der Waals surface area contributed by atoms with Gasteiger partial charge in [-0.1, -0.05) is 6.07 Å². The van der Waals surface area contributed by atoms with Gasteiger partial charge in [-0.3, -0.25) is 0 Å². The molecule has 0 spiro atoms. The average molecular weight is 566 g/mol. The van der Waals surface area contributed by atoms with Crippen molar-refractivity contribution in [3.05, 3.63) is 64.6 Å². The van der Waals surface area contributed by atoms with E-state index in [1.807, 2.05) is 11.8 Å². The number of fused-ring (bicyclic) bond motifs is 2. The van der Waals surface area contributed by atoms with E-state index in [0.717, 1.165) is 24.6 Å². The lowest BCUT2D eigenvalue weighted by molar-refractivity contribution is 0.249. The van der Waals surface area contributed by atoms with Crippen molar-refractivity contribution in [3.8, 4) is 17.0 Å². The van der Waals surface area contributed by atoms with Crippen molar-refractivity contribution < 1.29 is 13.5 Å². The van der Waals surface area contributed by atoms with Crippen molar-refractivity contribution in [1.82, 2.24) is 14.9 Å². The van der Waals surface area contributed by atoms with Gasteiger partial charge >= 0.3 is 0 Å². The van der Waals surface area contributed by atoms with Crippen molar-refractivity contribution in [2.75, 3.05) is 50.1 Å². The van der Waals surface area contributed by atoms with E-state index in [1.54, 1.807) is 6.07 Å². The number of rotatable bonds is 6. The molecule has 0 N–H and O–H groups in total. The number of hydrogen-bond acceptors (Lipinski definition) is 7. The van der Waals surface area contributed by atoms with E-state index in [-0.39, 0.29) is 17.5 Å². The Morgan fingerprint density at radius 3 is 2.55 bits per heavy atom. The number of benzene rings is 2. The number of thioether (sulfide) groups is 1. The summed E-state index contributed by atoms with van der Waals surface area (Å²) in [5, 5.41) is 0. The van der Waals surface area contributed by atoms with Gasteiger partial charge in [0.2, 0.25) is 0 Å². The zero-order chi connectivity index (χ0) is 28.0. The van der Waals surface area contributed by atoms with Crippen molar-refractivity contribution >= 4 is 23.1 Å². The van der Waals surface area contributed by atoms with Gasteiger partial charge in [-0.2, -0.15) is 11.8 Å². The van der Waals surface area contributed by atoms with Crippen LogP contribution in [0.4, 0.5) is 20.2 Å². The Kier molecular flexibility index (Phi) is 7.61. The predicted molar refractivity (Wildman–Crippen MR) is 159 cm³/mol. The summed E-state index contributed by atoms with van der Waals surface area (Å²) in [4.78, 5) is 15.9. The highest BCUT2D eigenvalue weighted by Crippen LogP contribution is 2.41.